The van der Waals surface area contributed by atoms with Gasteiger partial charge in [0.25, 0.3) is 0 Å². The summed E-state index contributed by atoms with van der Waals surface area (Å²) in [5.41, 5.74) is 0. The van der Waals surface area contributed by atoms with Crippen molar-refractivity contribution in [3.63, 3.8) is 0 Å². The van der Waals surface area contributed by atoms with Crippen molar-refractivity contribution < 1.29 is 79.9 Å². The molecule has 0 amide bonds. The zero-order valence-electron chi connectivity index (χ0n) is 17.8. The summed E-state index contributed by atoms with van der Waals surface area (Å²) >= 11 is 0. The highest BCUT2D eigenvalue weighted by Gasteiger charge is 2.58. The molecule has 0 saturated carbocycles. The lowest BCUT2D eigenvalue weighted by Crippen LogP contribution is -2.63. The van der Waals surface area contributed by atoms with Crippen molar-refractivity contribution in [2.75, 3.05) is 26.4 Å². The third kappa shape index (κ3) is 5.09. The average Bonchev–Trinajstić information content (AvgIpc) is 3.08. The maximum Gasteiger partial charge on any atom is 0.224 e. The van der Waals surface area contributed by atoms with Gasteiger partial charge in [-0.1, -0.05) is 0 Å². The molecule has 0 unspecified atom stereocenters. The summed E-state index contributed by atoms with van der Waals surface area (Å²) in [5, 5.41) is 109. The second kappa shape index (κ2) is 11.2. The monoisotopic (exact) mass is 504 g/mol. The van der Waals surface area contributed by atoms with Crippen LogP contribution in [0.4, 0.5) is 0 Å². The molecule has 0 aromatic rings. The van der Waals surface area contributed by atoms with Gasteiger partial charge in [0.15, 0.2) is 12.6 Å². The van der Waals surface area contributed by atoms with E-state index in [4.69, 9.17) is 23.7 Å². The average molecular weight is 504 g/mol. The van der Waals surface area contributed by atoms with Crippen LogP contribution in [-0.4, -0.2) is 168 Å². The maximum absolute atomic E-state index is 10.3. The van der Waals surface area contributed by atoms with Crippen molar-refractivity contribution in [2.45, 2.75) is 85.5 Å². The Morgan fingerprint density at radius 1 is 0.588 bits per heavy atom. The second-order valence-corrected chi connectivity index (χ2v) is 8.41. The van der Waals surface area contributed by atoms with Gasteiger partial charge in [-0.2, -0.15) is 0 Å². The van der Waals surface area contributed by atoms with Crippen LogP contribution in [0.1, 0.15) is 0 Å². The van der Waals surface area contributed by atoms with Gasteiger partial charge in [-0.05, 0) is 0 Å². The normalized spacial score (nSPS) is 52.1. The molecule has 0 spiro atoms. The first kappa shape index (κ1) is 27.9. The molecule has 3 rings (SSSR count). The van der Waals surface area contributed by atoms with Crippen molar-refractivity contribution >= 4 is 0 Å². The lowest BCUT2D eigenvalue weighted by atomic mass is 9.98. The molecule has 0 aromatic carbocycles. The number of hydrogen-bond acceptors (Lipinski definition) is 16. The molecule has 11 N–H and O–H groups in total. The molecular weight excluding hydrogens is 472 g/mol. The molecule has 3 fully saturated rings. The van der Waals surface area contributed by atoms with Crippen LogP contribution < -0.4 is 0 Å². The van der Waals surface area contributed by atoms with E-state index in [1.165, 1.54) is 0 Å². The van der Waals surface area contributed by atoms with Gasteiger partial charge in [0.2, 0.25) is 5.79 Å². The van der Waals surface area contributed by atoms with E-state index in [0.717, 1.165) is 0 Å². The molecule has 200 valence electrons. The Morgan fingerprint density at radius 2 is 1.12 bits per heavy atom. The van der Waals surface area contributed by atoms with Gasteiger partial charge in [-0.25, -0.2) is 0 Å². The van der Waals surface area contributed by atoms with Crippen molar-refractivity contribution in [2.24, 2.45) is 0 Å². The molecule has 34 heavy (non-hydrogen) atoms. The third-order valence-corrected chi connectivity index (χ3v) is 6.16. The maximum atomic E-state index is 10.3. The minimum Gasteiger partial charge on any atom is -0.394 e. The van der Waals surface area contributed by atoms with Gasteiger partial charge >= 0.3 is 0 Å². The van der Waals surface area contributed by atoms with E-state index < -0.39 is 112 Å². The first-order valence-electron chi connectivity index (χ1n) is 10.6. The van der Waals surface area contributed by atoms with Crippen molar-refractivity contribution in [1.29, 1.82) is 0 Å². The van der Waals surface area contributed by atoms with Crippen LogP contribution >= 0.6 is 0 Å². The van der Waals surface area contributed by atoms with Crippen molar-refractivity contribution in [1.82, 2.24) is 0 Å². The van der Waals surface area contributed by atoms with E-state index >= 15 is 0 Å². The Bertz CT molecular complexity index is 653. The zero-order chi connectivity index (χ0) is 25.4. The van der Waals surface area contributed by atoms with Gasteiger partial charge in [0, 0.05) is 0 Å². The van der Waals surface area contributed by atoms with E-state index in [0.29, 0.717) is 0 Å². The molecule has 0 aromatic heterocycles. The summed E-state index contributed by atoms with van der Waals surface area (Å²) in [6.07, 6.45) is -21.8. The molecule has 0 radical (unpaired) electrons. The minimum absolute atomic E-state index is 0.634. The Labute approximate surface area is 192 Å². The van der Waals surface area contributed by atoms with Crippen LogP contribution in [0.5, 0.6) is 0 Å². The smallest absolute Gasteiger partial charge is 0.224 e. The van der Waals surface area contributed by atoms with Gasteiger partial charge in [-0.3, -0.25) is 0 Å². The Morgan fingerprint density at radius 3 is 1.65 bits per heavy atom. The number of hydrogen-bond donors (Lipinski definition) is 11. The van der Waals surface area contributed by atoms with Crippen LogP contribution in [-0.2, 0) is 23.7 Å². The molecule has 0 bridgehead atoms. The molecule has 3 saturated heterocycles. The first-order chi connectivity index (χ1) is 16.0. The van der Waals surface area contributed by atoms with E-state index in [9.17, 15) is 56.2 Å². The highest BCUT2D eigenvalue weighted by molar-refractivity contribution is 4.98. The Kier molecular flexibility index (Phi) is 9.18. The summed E-state index contributed by atoms with van der Waals surface area (Å²) in [6, 6.07) is 0. The molecule has 16 heteroatoms. The number of ether oxygens (including phenoxy) is 5. The SMILES string of the molecule is OC[C@H]1O[C@H](OC[C@@H]2O[C@H](O[C@]3(CO)O[C@H](CO)[C@H](O)[C@H]3O)[C@H](O)[C@@H](O)[C@@H]2O)[C@H](O)[C@@H](O)[C@H]1O. The van der Waals surface area contributed by atoms with Crippen LogP contribution in [0.15, 0.2) is 0 Å². The lowest BCUT2D eigenvalue weighted by molar-refractivity contribution is -0.388. The van der Waals surface area contributed by atoms with Crippen LogP contribution in [0, 0.1) is 0 Å². The molecule has 3 aliphatic heterocycles. The topological polar surface area (TPSA) is 269 Å². The van der Waals surface area contributed by atoms with E-state index in [-0.39, 0.29) is 0 Å². The molecule has 3 aliphatic rings. The highest BCUT2D eigenvalue weighted by Crippen LogP contribution is 2.36. The number of aliphatic hydroxyl groups excluding tert-OH is 11. The van der Waals surface area contributed by atoms with Gasteiger partial charge < -0.3 is 79.9 Å². The summed E-state index contributed by atoms with van der Waals surface area (Å²) < 4.78 is 26.4. The fourth-order valence-corrected chi connectivity index (χ4v) is 4.01. The Hall–Kier alpha value is -0.640. The van der Waals surface area contributed by atoms with Crippen molar-refractivity contribution in [3.05, 3.63) is 0 Å². The predicted molar refractivity (Wildman–Crippen MR) is 101 cm³/mol. The fraction of sp³-hybridized carbons (Fsp3) is 1.00. The largest absolute Gasteiger partial charge is 0.394 e. The summed E-state index contributed by atoms with van der Waals surface area (Å²) in [4.78, 5) is 0. The predicted octanol–water partition coefficient (Wildman–Crippen LogP) is -7.57. The van der Waals surface area contributed by atoms with Gasteiger partial charge in [0.05, 0.1) is 19.8 Å². The summed E-state index contributed by atoms with van der Waals surface area (Å²) in [7, 11) is 0. The molecule has 16 nitrogen and oxygen atoms in total. The quantitative estimate of drug-likeness (QED) is 0.146. The van der Waals surface area contributed by atoms with Gasteiger partial charge in [0.1, 0.15) is 73.8 Å². The second-order valence-electron chi connectivity index (χ2n) is 8.41. The van der Waals surface area contributed by atoms with Crippen LogP contribution in [0.25, 0.3) is 0 Å². The first-order valence-corrected chi connectivity index (χ1v) is 10.6. The Balaban J connectivity index is 1.69. The summed E-state index contributed by atoms with van der Waals surface area (Å²) in [6.45, 7) is -3.14. The number of aliphatic hydroxyl groups is 11. The fourth-order valence-electron chi connectivity index (χ4n) is 4.01. The van der Waals surface area contributed by atoms with E-state index in [1.807, 2.05) is 0 Å². The molecule has 0 aliphatic carbocycles. The zero-order valence-corrected chi connectivity index (χ0v) is 17.8. The van der Waals surface area contributed by atoms with E-state index in [2.05, 4.69) is 0 Å². The van der Waals surface area contributed by atoms with Gasteiger partial charge in [-0.15, -0.1) is 0 Å². The van der Waals surface area contributed by atoms with Crippen molar-refractivity contribution in [3.8, 4) is 0 Å². The van der Waals surface area contributed by atoms with E-state index in [1.54, 1.807) is 0 Å². The molecule has 3 heterocycles. The standard InChI is InChI=1S/C18H32O16/c19-1-5-8(22)11(25)13(27)16(31-5)30-3-7-9(23)12(26)14(28)17(32-7)34-18(4-21)15(29)10(24)6(2-20)33-18/h5-17,19-29H,1-4H2/t5-,6-,7+,8+,9-,10+,11+,12+,13-,14-,15-,16+,17-,18+/m1/s1. The van der Waals surface area contributed by atoms with Crippen LogP contribution in [0.3, 0.4) is 0 Å². The number of rotatable bonds is 8. The highest BCUT2D eigenvalue weighted by atomic mass is 16.8. The lowest BCUT2D eigenvalue weighted by Gasteiger charge is -2.44. The molecule has 14 atom stereocenters. The summed E-state index contributed by atoms with van der Waals surface area (Å²) in [5.74, 6) is -2.36. The third-order valence-electron chi connectivity index (χ3n) is 6.16. The molecular formula is C18H32O16. The minimum atomic E-state index is -2.36. The van der Waals surface area contributed by atoms with Crippen LogP contribution in [0.2, 0.25) is 0 Å².